The van der Waals surface area contributed by atoms with Crippen molar-refractivity contribution in [3.63, 3.8) is 0 Å². The van der Waals surface area contributed by atoms with E-state index >= 15 is 0 Å². The molecular weight excluding hydrogens is 451 g/mol. The lowest BCUT2D eigenvalue weighted by molar-refractivity contribution is 0.0704. The molecular formula is C20H12Cl2N2O5S. The lowest BCUT2D eigenvalue weighted by Crippen LogP contribution is -2.34. The number of carboxylic acid groups (broad SMARTS) is 1. The molecule has 7 nitrogen and oxygen atoms in total. The fourth-order valence-electron chi connectivity index (χ4n) is 2.94. The van der Waals surface area contributed by atoms with Crippen LogP contribution in [0, 0.1) is 0 Å². The van der Waals surface area contributed by atoms with Crippen molar-refractivity contribution in [2.75, 3.05) is 0 Å². The Morgan fingerprint density at radius 1 is 1.13 bits per heavy atom. The molecule has 152 valence electrons. The predicted octanol–water partition coefficient (Wildman–Crippen LogP) is 4.32. The quantitative estimate of drug-likeness (QED) is 0.459. The van der Waals surface area contributed by atoms with Gasteiger partial charge in [0.15, 0.2) is 0 Å². The van der Waals surface area contributed by atoms with E-state index in [0.29, 0.717) is 10.8 Å². The van der Waals surface area contributed by atoms with E-state index in [2.05, 4.69) is 4.98 Å². The van der Waals surface area contributed by atoms with Gasteiger partial charge in [0.05, 0.1) is 21.6 Å². The van der Waals surface area contributed by atoms with Crippen LogP contribution in [-0.4, -0.2) is 20.6 Å². The number of hydrogen-bond donors (Lipinski definition) is 2. The van der Waals surface area contributed by atoms with Gasteiger partial charge in [0.25, 0.3) is 5.56 Å². The van der Waals surface area contributed by atoms with Crippen molar-refractivity contribution in [1.82, 2.24) is 9.55 Å². The summed E-state index contributed by atoms with van der Waals surface area (Å²) >= 11 is 13.2. The summed E-state index contributed by atoms with van der Waals surface area (Å²) in [5.41, 5.74) is -0.531. The smallest absolute Gasteiger partial charge is 0.346 e. The van der Waals surface area contributed by atoms with Crippen molar-refractivity contribution in [2.24, 2.45) is 0 Å². The first-order chi connectivity index (χ1) is 14.4. The fourth-order valence-corrected chi connectivity index (χ4v) is 4.16. The van der Waals surface area contributed by atoms with E-state index in [4.69, 9.17) is 27.9 Å². The van der Waals surface area contributed by atoms with Crippen LogP contribution in [0.15, 0.2) is 57.4 Å². The number of halogens is 2. The molecule has 0 atom stereocenters. The van der Waals surface area contributed by atoms with Crippen LogP contribution in [0.2, 0.25) is 10.0 Å². The average molecular weight is 463 g/mol. The number of carbonyl (C=O) groups is 1. The molecule has 0 aliphatic heterocycles. The Morgan fingerprint density at radius 3 is 2.63 bits per heavy atom. The Morgan fingerprint density at radius 2 is 1.90 bits per heavy atom. The van der Waals surface area contributed by atoms with E-state index in [1.807, 2.05) is 12.1 Å². The number of hydrogen-bond acceptors (Lipinski definition) is 5. The lowest BCUT2D eigenvalue weighted by atomic mass is 10.2. The number of aromatic amines is 1. The highest BCUT2D eigenvalue weighted by molar-refractivity contribution is 7.13. The van der Waals surface area contributed by atoms with Crippen molar-refractivity contribution >= 4 is 51.4 Å². The standard InChI is InChI=1S/C20H12Cl2N2O5S/c21-12-4-2-1-3-10(12)8-29-11-5-6-13(22)15(7-11)24-18(25)16-14(23-20(24)28)9-30-17(16)19(26)27/h1-7,9H,8H2,(H,23,28)(H,26,27). The van der Waals surface area contributed by atoms with Crippen LogP contribution in [0.4, 0.5) is 0 Å². The van der Waals surface area contributed by atoms with Crippen LogP contribution in [0.25, 0.3) is 16.6 Å². The molecule has 2 N–H and O–H groups in total. The Balaban J connectivity index is 1.80. The first-order valence-corrected chi connectivity index (χ1v) is 10.2. The lowest BCUT2D eigenvalue weighted by Gasteiger charge is -2.12. The van der Waals surface area contributed by atoms with Crippen LogP contribution in [0.5, 0.6) is 5.75 Å². The number of aromatic nitrogens is 2. The number of thiophene rings is 1. The van der Waals surface area contributed by atoms with Crippen LogP contribution in [0.3, 0.4) is 0 Å². The molecule has 2 aromatic carbocycles. The van der Waals surface area contributed by atoms with Gasteiger partial charge in [0, 0.05) is 22.0 Å². The maximum absolute atomic E-state index is 13.0. The first-order valence-electron chi connectivity index (χ1n) is 8.53. The number of H-pyrrole nitrogens is 1. The molecule has 4 rings (SSSR count). The minimum atomic E-state index is -1.26. The highest BCUT2D eigenvalue weighted by Gasteiger charge is 2.20. The number of nitrogens with one attached hydrogen (secondary N) is 1. The van der Waals surface area contributed by atoms with E-state index in [9.17, 15) is 19.5 Å². The minimum Gasteiger partial charge on any atom is -0.489 e. The average Bonchev–Trinajstić information content (AvgIpc) is 3.13. The normalized spacial score (nSPS) is 11.0. The molecule has 0 bridgehead atoms. The maximum Gasteiger partial charge on any atom is 0.346 e. The Kier molecular flexibility index (Phi) is 5.38. The second-order valence-electron chi connectivity index (χ2n) is 6.22. The summed E-state index contributed by atoms with van der Waals surface area (Å²) in [4.78, 5) is 39.4. The Bertz CT molecular complexity index is 1410. The zero-order valence-electron chi connectivity index (χ0n) is 15.0. The summed E-state index contributed by atoms with van der Waals surface area (Å²) in [6, 6.07) is 11.7. The zero-order chi connectivity index (χ0) is 21.4. The molecule has 4 aromatic rings. The van der Waals surface area contributed by atoms with Crippen LogP contribution < -0.4 is 16.0 Å². The second-order valence-corrected chi connectivity index (χ2v) is 7.92. The van der Waals surface area contributed by atoms with Gasteiger partial charge >= 0.3 is 11.7 Å². The highest BCUT2D eigenvalue weighted by atomic mass is 35.5. The molecule has 0 aliphatic rings. The molecule has 0 fully saturated rings. The molecule has 0 amide bonds. The number of benzene rings is 2. The number of nitrogens with zero attached hydrogens (tertiary/aromatic N) is 1. The van der Waals surface area contributed by atoms with E-state index in [-0.39, 0.29) is 33.1 Å². The van der Waals surface area contributed by atoms with Gasteiger partial charge in [-0.05, 0) is 18.2 Å². The van der Waals surface area contributed by atoms with Crippen molar-refractivity contribution in [3.05, 3.63) is 89.2 Å². The number of carboxylic acids is 1. The van der Waals surface area contributed by atoms with E-state index in [0.717, 1.165) is 21.5 Å². The third kappa shape index (κ3) is 3.60. The topological polar surface area (TPSA) is 101 Å². The summed E-state index contributed by atoms with van der Waals surface area (Å²) in [5, 5.41) is 11.3. The van der Waals surface area contributed by atoms with Gasteiger partial charge in [0.1, 0.15) is 17.2 Å². The molecule has 2 aromatic heterocycles. The van der Waals surface area contributed by atoms with Crippen molar-refractivity contribution in [2.45, 2.75) is 6.61 Å². The summed E-state index contributed by atoms with van der Waals surface area (Å²) in [6.45, 7) is 0.165. The van der Waals surface area contributed by atoms with Crippen LogP contribution in [0.1, 0.15) is 15.2 Å². The van der Waals surface area contributed by atoms with Gasteiger partial charge in [0.2, 0.25) is 0 Å². The summed E-state index contributed by atoms with van der Waals surface area (Å²) in [7, 11) is 0. The van der Waals surface area contributed by atoms with Crippen molar-refractivity contribution in [3.8, 4) is 11.4 Å². The Hall–Kier alpha value is -3.07. The third-order valence-electron chi connectivity index (χ3n) is 4.36. The van der Waals surface area contributed by atoms with Gasteiger partial charge in [-0.1, -0.05) is 41.4 Å². The molecule has 0 radical (unpaired) electrons. The largest absolute Gasteiger partial charge is 0.489 e. The van der Waals surface area contributed by atoms with Gasteiger partial charge in [-0.25, -0.2) is 14.2 Å². The molecule has 0 saturated heterocycles. The van der Waals surface area contributed by atoms with Gasteiger partial charge in [-0.3, -0.25) is 4.79 Å². The highest BCUT2D eigenvalue weighted by Crippen LogP contribution is 2.27. The van der Waals surface area contributed by atoms with E-state index in [1.54, 1.807) is 18.2 Å². The summed E-state index contributed by atoms with van der Waals surface area (Å²) in [6.07, 6.45) is 0. The predicted molar refractivity (Wildman–Crippen MR) is 116 cm³/mol. The van der Waals surface area contributed by atoms with Crippen LogP contribution in [-0.2, 0) is 6.61 Å². The summed E-state index contributed by atoms with van der Waals surface area (Å²) < 4.78 is 6.54. The SMILES string of the molecule is O=C(O)c1scc2[nH]c(=O)n(-c3cc(OCc4ccccc4Cl)ccc3Cl)c(=O)c12. The minimum absolute atomic E-state index is 0.0732. The van der Waals surface area contributed by atoms with Gasteiger partial charge in [-0.2, -0.15) is 0 Å². The molecule has 0 aliphatic carbocycles. The number of aromatic carboxylic acids is 1. The third-order valence-corrected chi connectivity index (χ3v) is 6.01. The molecule has 0 unspecified atom stereocenters. The van der Waals surface area contributed by atoms with Crippen molar-refractivity contribution < 1.29 is 14.6 Å². The van der Waals surface area contributed by atoms with E-state index in [1.165, 1.54) is 17.5 Å². The molecule has 10 heteroatoms. The van der Waals surface area contributed by atoms with Crippen molar-refractivity contribution in [1.29, 1.82) is 0 Å². The Labute approximate surface area is 182 Å². The zero-order valence-corrected chi connectivity index (χ0v) is 17.3. The molecule has 0 saturated carbocycles. The molecule has 30 heavy (non-hydrogen) atoms. The summed E-state index contributed by atoms with van der Waals surface area (Å²) in [5.74, 6) is -0.905. The van der Waals surface area contributed by atoms with E-state index < -0.39 is 17.2 Å². The second kappa shape index (κ2) is 7.98. The number of fused-ring (bicyclic) bond motifs is 1. The fraction of sp³-hybridized carbons (Fsp3) is 0.0500. The monoisotopic (exact) mass is 462 g/mol. The van der Waals surface area contributed by atoms with Gasteiger partial charge < -0.3 is 14.8 Å². The van der Waals surface area contributed by atoms with Crippen LogP contribution >= 0.6 is 34.5 Å². The first kappa shape index (κ1) is 20.2. The number of rotatable bonds is 5. The van der Waals surface area contributed by atoms with Gasteiger partial charge in [-0.15, -0.1) is 11.3 Å². The maximum atomic E-state index is 13.0. The molecule has 0 spiro atoms. The number of ether oxygens (including phenoxy) is 1. The molecule has 2 heterocycles.